The first-order valence-electron chi connectivity index (χ1n) is 6.31. The van der Waals surface area contributed by atoms with Crippen molar-refractivity contribution in [3.8, 4) is 11.1 Å². The van der Waals surface area contributed by atoms with E-state index in [0.717, 1.165) is 10.9 Å². The zero-order chi connectivity index (χ0) is 14.4. The Bertz CT molecular complexity index is 958. The minimum atomic E-state index is -0.446. The van der Waals surface area contributed by atoms with Gasteiger partial charge in [-0.3, -0.25) is 4.40 Å². The second-order valence-corrected chi connectivity index (χ2v) is 4.67. The van der Waals surface area contributed by atoms with E-state index in [4.69, 9.17) is 0 Å². The van der Waals surface area contributed by atoms with Gasteiger partial charge in [0.1, 0.15) is 12.0 Å². The molecule has 0 unspecified atom stereocenters. The summed E-state index contributed by atoms with van der Waals surface area (Å²) < 4.78 is 15.7. The molecule has 4 rings (SSSR count). The van der Waals surface area contributed by atoms with Gasteiger partial charge in [-0.15, -0.1) is 0 Å². The number of halogens is 1. The molecule has 0 saturated carbocycles. The van der Waals surface area contributed by atoms with E-state index in [2.05, 4.69) is 19.9 Å². The highest BCUT2D eigenvalue weighted by atomic mass is 19.1. The summed E-state index contributed by atoms with van der Waals surface area (Å²) in [6, 6.07) is 1.42. The quantitative estimate of drug-likeness (QED) is 0.589. The Kier molecular flexibility index (Phi) is 2.48. The van der Waals surface area contributed by atoms with Crippen LogP contribution in [0.5, 0.6) is 0 Å². The first-order valence-corrected chi connectivity index (χ1v) is 6.31. The zero-order valence-corrected chi connectivity index (χ0v) is 10.8. The molecule has 0 amide bonds. The first kappa shape index (κ1) is 12.0. The summed E-state index contributed by atoms with van der Waals surface area (Å²) in [7, 11) is 0. The Balaban J connectivity index is 2.02. The van der Waals surface area contributed by atoms with Crippen LogP contribution in [0, 0.1) is 5.82 Å². The number of pyridine rings is 1. The van der Waals surface area contributed by atoms with Gasteiger partial charge in [0.15, 0.2) is 11.5 Å². The van der Waals surface area contributed by atoms with E-state index in [1.165, 1.54) is 18.6 Å². The number of imidazole rings is 1. The molecule has 4 aromatic heterocycles. The highest BCUT2D eigenvalue weighted by Gasteiger charge is 2.13. The molecule has 21 heavy (non-hydrogen) atoms. The van der Waals surface area contributed by atoms with E-state index in [0.29, 0.717) is 16.9 Å². The number of nitrogens with zero attached hydrogens (tertiary/aromatic N) is 4. The van der Waals surface area contributed by atoms with E-state index in [1.54, 1.807) is 23.0 Å². The fourth-order valence-electron chi connectivity index (χ4n) is 2.46. The molecule has 0 bridgehead atoms. The average Bonchev–Trinajstić information content (AvgIpc) is 3.10. The molecule has 0 saturated heterocycles. The number of hydrogen-bond acceptors (Lipinski definition) is 4. The molecule has 4 heterocycles. The van der Waals surface area contributed by atoms with E-state index < -0.39 is 5.82 Å². The molecular formula is C14H10FN5O. The maximum Gasteiger partial charge on any atom is 0.173 e. The van der Waals surface area contributed by atoms with Gasteiger partial charge in [-0.05, 0) is 6.07 Å². The lowest BCUT2D eigenvalue weighted by atomic mass is 10.1. The first-order chi connectivity index (χ1) is 10.3. The third-order valence-electron chi connectivity index (χ3n) is 3.47. The van der Waals surface area contributed by atoms with Crippen LogP contribution >= 0.6 is 0 Å². The van der Waals surface area contributed by atoms with Gasteiger partial charge in [0.2, 0.25) is 0 Å². The summed E-state index contributed by atoms with van der Waals surface area (Å²) in [4.78, 5) is 15.1. The zero-order valence-electron chi connectivity index (χ0n) is 10.8. The predicted molar refractivity (Wildman–Crippen MR) is 74.0 cm³/mol. The fraction of sp³-hybridized carbons (Fsp3) is 0.0714. The van der Waals surface area contributed by atoms with Crippen LogP contribution < -0.4 is 0 Å². The number of aliphatic hydroxyl groups excluding tert-OH is 1. The van der Waals surface area contributed by atoms with Gasteiger partial charge >= 0.3 is 0 Å². The van der Waals surface area contributed by atoms with Crippen molar-refractivity contribution in [1.82, 2.24) is 24.3 Å². The Morgan fingerprint density at radius 1 is 1.29 bits per heavy atom. The van der Waals surface area contributed by atoms with Crippen LogP contribution in [-0.2, 0) is 6.61 Å². The normalized spacial score (nSPS) is 11.5. The molecule has 2 N–H and O–H groups in total. The number of rotatable bonds is 2. The number of aliphatic hydroxyl groups is 1. The van der Waals surface area contributed by atoms with Crippen LogP contribution in [0.15, 0.2) is 37.2 Å². The molecule has 0 atom stereocenters. The number of H-pyrrole nitrogens is 1. The van der Waals surface area contributed by atoms with Crippen LogP contribution in [0.4, 0.5) is 4.39 Å². The molecule has 0 fully saturated rings. The second kappa shape index (κ2) is 4.35. The van der Waals surface area contributed by atoms with Gasteiger partial charge in [-0.2, -0.15) is 0 Å². The molecule has 0 radical (unpaired) electrons. The van der Waals surface area contributed by atoms with Crippen LogP contribution in [0.3, 0.4) is 0 Å². The van der Waals surface area contributed by atoms with Crippen molar-refractivity contribution < 1.29 is 9.50 Å². The van der Waals surface area contributed by atoms with Crippen LogP contribution in [0.2, 0.25) is 0 Å². The van der Waals surface area contributed by atoms with Crippen LogP contribution in [0.1, 0.15) is 5.69 Å². The lowest BCUT2D eigenvalue weighted by molar-refractivity contribution is 0.276. The smallest absolute Gasteiger partial charge is 0.173 e. The van der Waals surface area contributed by atoms with Gasteiger partial charge < -0.3 is 10.1 Å². The van der Waals surface area contributed by atoms with Crippen molar-refractivity contribution in [2.45, 2.75) is 6.61 Å². The van der Waals surface area contributed by atoms with Gasteiger partial charge in [0, 0.05) is 35.1 Å². The second-order valence-electron chi connectivity index (χ2n) is 4.67. The lowest BCUT2D eigenvalue weighted by Crippen LogP contribution is -1.95. The van der Waals surface area contributed by atoms with Crippen LogP contribution in [-0.4, -0.2) is 29.4 Å². The Hall–Kier alpha value is -2.80. The summed E-state index contributed by atoms with van der Waals surface area (Å²) in [6.45, 7) is -0.207. The van der Waals surface area contributed by atoms with E-state index in [1.807, 2.05) is 0 Å². The third kappa shape index (κ3) is 1.71. The molecule has 7 heteroatoms. The summed E-state index contributed by atoms with van der Waals surface area (Å²) in [5.74, 6) is -0.446. The molecular weight excluding hydrogens is 273 g/mol. The summed E-state index contributed by atoms with van der Waals surface area (Å²) in [6.07, 6.45) is 8.09. The van der Waals surface area contributed by atoms with Gasteiger partial charge in [0.05, 0.1) is 18.5 Å². The lowest BCUT2D eigenvalue weighted by Gasteiger charge is -2.04. The molecule has 6 nitrogen and oxygen atoms in total. The minimum Gasteiger partial charge on any atom is -0.390 e. The molecule has 0 spiro atoms. The monoisotopic (exact) mass is 283 g/mol. The predicted octanol–water partition coefficient (Wildman–Crippen LogP) is 1.90. The SMILES string of the molecule is OCc1cnc2c(F)cc(-c3c[nH]c4ncncc34)cn12. The average molecular weight is 283 g/mol. The highest BCUT2D eigenvalue weighted by molar-refractivity contribution is 5.92. The number of nitrogens with one attached hydrogen (secondary N) is 1. The Morgan fingerprint density at radius 2 is 2.19 bits per heavy atom. The molecule has 0 aliphatic heterocycles. The van der Waals surface area contributed by atoms with Crippen molar-refractivity contribution in [3.63, 3.8) is 0 Å². The maximum absolute atomic E-state index is 14.2. The van der Waals surface area contributed by atoms with Gasteiger partial charge in [-0.1, -0.05) is 0 Å². The minimum absolute atomic E-state index is 0.193. The van der Waals surface area contributed by atoms with Crippen molar-refractivity contribution in [3.05, 3.63) is 48.7 Å². The van der Waals surface area contributed by atoms with E-state index >= 15 is 0 Å². The standard InChI is InChI=1S/C14H10FN5O/c15-12-1-8(5-20-9(6-21)2-18-14(12)20)10-4-17-13-11(10)3-16-7-19-13/h1-5,7,21H,6H2,(H,16,17,19). The number of hydrogen-bond donors (Lipinski definition) is 2. The molecule has 104 valence electrons. The summed E-state index contributed by atoms with van der Waals surface area (Å²) in [5.41, 5.74) is 2.87. The van der Waals surface area contributed by atoms with Crippen molar-refractivity contribution in [1.29, 1.82) is 0 Å². The Labute approximate surface area is 117 Å². The molecule has 0 aliphatic rings. The number of aromatic nitrogens is 5. The number of aromatic amines is 1. The Morgan fingerprint density at radius 3 is 3.05 bits per heavy atom. The van der Waals surface area contributed by atoms with Crippen molar-refractivity contribution in [2.75, 3.05) is 0 Å². The maximum atomic E-state index is 14.2. The van der Waals surface area contributed by atoms with Crippen LogP contribution in [0.25, 0.3) is 27.8 Å². The fourth-order valence-corrected chi connectivity index (χ4v) is 2.46. The summed E-state index contributed by atoms with van der Waals surface area (Å²) >= 11 is 0. The van der Waals surface area contributed by atoms with Gasteiger partial charge in [-0.25, -0.2) is 19.3 Å². The molecule has 4 aromatic rings. The molecule has 0 aliphatic carbocycles. The topological polar surface area (TPSA) is 79.1 Å². The van der Waals surface area contributed by atoms with E-state index in [-0.39, 0.29) is 12.3 Å². The van der Waals surface area contributed by atoms with Crippen molar-refractivity contribution >= 4 is 16.7 Å². The van der Waals surface area contributed by atoms with Gasteiger partial charge in [0.25, 0.3) is 0 Å². The molecule has 0 aromatic carbocycles. The third-order valence-corrected chi connectivity index (χ3v) is 3.47. The summed E-state index contributed by atoms with van der Waals surface area (Å²) in [5, 5.41) is 10.1. The van der Waals surface area contributed by atoms with Crippen molar-refractivity contribution in [2.24, 2.45) is 0 Å². The van der Waals surface area contributed by atoms with E-state index in [9.17, 15) is 9.50 Å². The number of fused-ring (bicyclic) bond motifs is 2. The highest BCUT2D eigenvalue weighted by Crippen LogP contribution is 2.28. The largest absolute Gasteiger partial charge is 0.390 e.